The van der Waals surface area contributed by atoms with Gasteiger partial charge in [-0.25, -0.2) is 8.78 Å². The van der Waals surface area contributed by atoms with E-state index in [-0.39, 0.29) is 0 Å². The Balaban J connectivity index is 1.95. The molecule has 1 aliphatic heterocycles. The summed E-state index contributed by atoms with van der Waals surface area (Å²) in [6, 6.07) is 11.1. The normalized spacial score (nSPS) is 19.4. The summed E-state index contributed by atoms with van der Waals surface area (Å²) in [5.41, 5.74) is 2.33. The standard InChI is InChI=1S/C16H14F2O2/c17-13-6-5-11(9-14(13)18)15(19)16-12-4-2-1-3-10(12)7-8-20-16/h1-6,9,15-16,19H,7-8H2. The minimum absolute atomic E-state index is 0.311. The van der Waals surface area contributed by atoms with Crippen LogP contribution >= 0.6 is 0 Å². The van der Waals surface area contributed by atoms with E-state index in [0.717, 1.165) is 29.7 Å². The summed E-state index contributed by atoms with van der Waals surface area (Å²) in [6.07, 6.45) is -0.784. The lowest BCUT2D eigenvalue weighted by Gasteiger charge is -2.30. The van der Waals surface area contributed by atoms with Crippen LogP contribution in [0, 0.1) is 11.6 Å². The van der Waals surface area contributed by atoms with Crippen molar-refractivity contribution in [1.82, 2.24) is 0 Å². The van der Waals surface area contributed by atoms with Crippen LogP contribution < -0.4 is 0 Å². The first-order valence-corrected chi connectivity index (χ1v) is 6.49. The van der Waals surface area contributed by atoms with Crippen molar-refractivity contribution in [2.45, 2.75) is 18.6 Å². The quantitative estimate of drug-likeness (QED) is 0.911. The molecule has 0 saturated heterocycles. The van der Waals surface area contributed by atoms with Crippen LogP contribution in [0.5, 0.6) is 0 Å². The maximum atomic E-state index is 13.3. The number of hydrogen-bond acceptors (Lipinski definition) is 2. The minimum Gasteiger partial charge on any atom is -0.385 e. The summed E-state index contributed by atoms with van der Waals surface area (Å²) in [7, 11) is 0. The first-order chi connectivity index (χ1) is 9.66. The fraction of sp³-hybridized carbons (Fsp3) is 0.250. The average Bonchev–Trinajstić information content (AvgIpc) is 2.49. The van der Waals surface area contributed by atoms with E-state index in [0.29, 0.717) is 12.2 Å². The monoisotopic (exact) mass is 276 g/mol. The van der Waals surface area contributed by atoms with Crippen molar-refractivity contribution >= 4 is 0 Å². The van der Waals surface area contributed by atoms with Gasteiger partial charge in [0.05, 0.1) is 6.61 Å². The van der Waals surface area contributed by atoms with Gasteiger partial charge in [0.15, 0.2) is 11.6 Å². The number of aliphatic hydroxyl groups excluding tert-OH is 1. The van der Waals surface area contributed by atoms with E-state index in [4.69, 9.17) is 4.74 Å². The maximum Gasteiger partial charge on any atom is 0.159 e. The Kier molecular flexibility index (Phi) is 3.51. The third-order valence-corrected chi connectivity index (χ3v) is 3.60. The van der Waals surface area contributed by atoms with Crippen molar-refractivity contribution in [3.8, 4) is 0 Å². The number of ether oxygens (including phenoxy) is 1. The third-order valence-electron chi connectivity index (χ3n) is 3.60. The van der Waals surface area contributed by atoms with Gasteiger partial charge >= 0.3 is 0 Å². The van der Waals surface area contributed by atoms with E-state index in [1.807, 2.05) is 24.3 Å². The second kappa shape index (κ2) is 5.31. The smallest absolute Gasteiger partial charge is 0.159 e. The lowest BCUT2D eigenvalue weighted by molar-refractivity contribution is -0.0484. The highest BCUT2D eigenvalue weighted by atomic mass is 19.2. The van der Waals surface area contributed by atoms with E-state index in [9.17, 15) is 13.9 Å². The summed E-state index contributed by atoms with van der Waals surface area (Å²) < 4.78 is 31.9. The molecule has 2 unspecified atom stereocenters. The molecule has 2 nitrogen and oxygen atoms in total. The molecule has 4 heteroatoms. The summed E-state index contributed by atoms with van der Waals surface area (Å²) in [5.74, 6) is -1.89. The first kappa shape index (κ1) is 13.2. The highest BCUT2D eigenvalue weighted by Gasteiger charge is 2.28. The van der Waals surface area contributed by atoms with Crippen LogP contribution in [0.25, 0.3) is 0 Å². The molecule has 0 radical (unpaired) electrons. The Bertz CT molecular complexity index is 628. The molecule has 0 aliphatic carbocycles. The molecule has 2 aromatic rings. The van der Waals surface area contributed by atoms with Crippen molar-refractivity contribution in [2.24, 2.45) is 0 Å². The molecule has 104 valence electrons. The molecule has 0 amide bonds. The summed E-state index contributed by atoms with van der Waals surface area (Å²) in [5, 5.41) is 10.4. The van der Waals surface area contributed by atoms with Crippen molar-refractivity contribution in [3.05, 3.63) is 70.8 Å². The van der Waals surface area contributed by atoms with Crippen LogP contribution in [-0.4, -0.2) is 11.7 Å². The summed E-state index contributed by atoms with van der Waals surface area (Å²) in [6.45, 7) is 0.502. The van der Waals surface area contributed by atoms with Crippen molar-refractivity contribution < 1.29 is 18.6 Å². The molecule has 1 N–H and O–H groups in total. The largest absolute Gasteiger partial charge is 0.385 e. The molecule has 1 heterocycles. The number of fused-ring (bicyclic) bond motifs is 1. The highest BCUT2D eigenvalue weighted by molar-refractivity contribution is 5.33. The number of rotatable bonds is 2. The van der Waals surface area contributed by atoms with E-state index in [2.05, 4.69) is 0 Å². The molecule has 0 aromatic heterocycles. The first-order valence-electron chi connectivity index (χ1n) is 6.49. The molecule has 0 fully saturated rings. The summed E-state index contributed by atoms with van der Waals surface area (Å²) in [4.78, 5) is 0. The van der Waals surface area contributed by atoms with Gasteiger partial charge in [0, 0.05) is 0 Å². The van der Waals surface area contributed by atoms with Crippen molar-refractivity contribution in [2.75, 3.05) is 6.61 Å². The molecular weight excluding hydrogens is 262 g/mol. The Morgan fingerprint density at radius 3 is 2.70 bits per heavy atom. The van der Waals surface area contributed by atoms with Crippen LogP contribution in [0.15, 0.2) is 42.5 Å². The molecule has 0 bridgehead atoms. The lowest BCUT2D eigenvalue weighted by atomic mass is 9.91. The van der Waals surface area contributed by atoms with E-state index in [1.165, 1.54) is 6.07 Å². The molecule has 20 heavy (non-hydrogen) atoms. The Hall–Kier alpha value is -1.78. The van der Waals surface area contributed by atoms with Gasteiger partial charge in [-0.15, -0.1) is 0 Å². The Morgan fingerprint density at radius 1 is 1.10 bits per heavy atom. The molecule has 3 rings (SSSR count). The molecule has 1 aliphatic rings. The van der Waals surface area contributed by atoms with Gasteiger partial charge in [-0.05, 0) is 35.2 Å². The van der Waals surface area contributed by atoms with E-state index < -0.39 is 23.8 Å². The molecule has 0 spiro atoms. The van der Waals surface area contributed by atoms with E-state index in [1.54, 1.807) is 0 Å². The average molecular weight is 276 g/mol. The van der Waals surface area contributed by atoms with Gasteiger partial charge in [-0.3, -0.25) is 0 Å². The maximum absolute atomic E-state index is 13.3. The topological polar surface area (TPSA) is 29.5 Å². The van der Waals surface area contributed by atoms with Crippen molar-refractivity contribution in [3.63, 3.8) is 0 Å². The molecule has 2 atom stereocenters. The predicted octanol–water partition coefficient (Wildman–Crippen LogP) is 3.31. The van der Waals surface area contributed by atoms with Gasteiger partial charge in [-0.2, -0.15) is 0 Å². The minimum atomic E-state index is -1.02. The zero-order chi connectivity index (χ0) is 14.1. The van der Waals surface area contributed by atoms with Crippen LogP contribution in [0.4, 0.5) is 8.78 Å². The number of hydrogen-bond donors (Lipinski definition) is 1. The fourth-order valence-electron chi connectivity index (χ4n) is 2.56. The molecule has 0 saturated carbocycles. The van der Waals surface area contributed by atoms with Crippen LogP contribution in [0.3, 0.4) is 0 Å². The van der Waals surface area contributed by atoms with Crippen LogP contribution in [-0.2, 0) is 11.2 Å². The number of aliphatic hydroxyl groups is 1. The highest BCUT2D eigenvalue weighted by Crippen LogP contribution is 2.37. The molecular formula is C16H14F2O2. The van der Waals surface area contributed by atoms with E-state index >= 15 is 0 Å². The van der Waals surface area contributed by atoms with Crippen LogP contribution in [0.1, 0.15) is 28.9 Å². The fourth-order valence-corrected chi connectivity index (χ4v) is 2.56. The van der Waals surface area contributed by atoms with Gasteiger partial charge < -0.3 is 9.84 Å². The Labute approximate surface area is 115 Å². The molecule has 2 aromatic carbocycles. The lowest BCUT2D eigenvalue weighted by Crippen LogP contribution is -2.22. The third kappa shape index (κ3) is 2.32. The van der Waals surface area contributed by atoms with Crippen molar-refractivity contribution in [1.29, 1.82) is 0 Å². The zero-order valence-corrected chi connectivity index (χ0v) is 10.7. The van der Waals surface area contributed by atoms with Gasteiger partial charge in [0.25, 0.3) is 0 Å². The number of benzene rings is 2. The Morgan fingerprint density at radius 2 is 1.90 bits per heavy atom. The zero-order valence-electron chi connectivity index (χ0n) is 10.7. The van der Waals surface area contributed by atoms with Crippen LogP contribution in [0.2, 0.25) is 0 Å². The van der Waals surface area contributed by atoms with Gasteiger partial charge in [0.1, 0.15) is 12.2 Å². The second-order valence-corrected chi connectivity index (χ2v) is 4.86. The predicted molar refractivity (Wildman–Crippen MR) is 70.2 cm³/mol. The second-order valence-electron chi connectivity index (χ2n) is 4.86. The SMILES string of the molecule is OC(c1ccc(F)c(F)c1)C1OCCc2ccccc21. The van der Waals surface area contributed by atoms with Gasteiger partial charge in [-0.1, -0.05) is 30.3 Å². The number of halogens is 2. The van der Waals surface area contributed by atoms with Gasteiger partial charge in [0.2, 0.25) is 0 Å². The summed E-state index contributed by atoms with van der Waals surface area (Å²) >= 11 is 0.